The minimum atomic E-state index is -2.00. The first-order chi connectivity index (χ1) is 29.0. The molecule has 4 heterocycles. The number of carbonyl (C=O) groups is 3. The second kappa shape index (κ2) is 15.0. The molecule has 12 atom stereocenters. The molecule has 1 aromatic carbocycles. The molecule has 15 nitrogen and oxygen atoms in total. The summed E-state index contributed by atoms with van der Waals surface area (Å²) in [6, 6.07) is 7.79. The predicted molar refractivity (Wildman–Crippen MR) is 218 cm³/mol. The SMILES string of the molecule is CC[C@@]1(OC(=O)COC(=O)CC[C@@H](C)C2CCC3C4C(CC(O)C32C)C2(C)CCC(O)CC2C[C@H]4O)C(=O)OCc2c1cc1n(c2=O)Cc2cc3c([N+](=O)[O-])cccc3nc2-1. The summed E-state index contributed by atoms with van der Waals surface area (Å²) in [7, 11) is 0. The monoisotopic (exact) mass is 841 g/mol. The number of cyclic esters (lactones) is 1. The molecule has 61 heavy (non-hydrogen) atoms. The number of hydrogen-bond donors (Lipinski definition) is 3. The molecule has 2 aliphatic heterocycles. The molecule has 6 aliphatic rings. The van der Waals surface area contributed by atoms with Crippen molar-refractivity contribution in [1.29, 1.82) is 0 Å². The highest BCUT2D eigenvalue weighted by molar-refractivity contribution is 5.92. The molecule has 4 aliphatic carbocycles. The lowest BCUT2D eigenvalue weighted by atomic mass is 9.43. The van der Waals surface area contributed by atoms with E-state index in [0.717, 1.165) is 25.7 Å². The number of aliphatic hydroxyl groups is 3. The number of pyridine rings is 2. The van der Waals surface area contributed by atoms with Crippen molar-refractivity contribution in [3.05, 3.63) is 67.5 Å². The van der Waals surface area contributed by atoms with Crippen LogP contribution in [0.2, 0.25) is 0 Å². The molecule has 4 fully saturated rings. The lowest BCUT2D eigenvalue weighted by molar-refractivity contribution is -0.383. The molecule has 3 aromatic rings. The van der Waals surface area contributed by atoms with E-state index in [4.69, 9.17) is 14.2 Å². The fourth-order valence-corrected chi connectivity index (χ4v) is 13.4. The number of nitro benzene ring substituents is 1. The topological polar surface area (TPSA) is 218 Å². The molecule has 326 valence electrons. The van der Waals surface area contributed by atoms with Crippen LogP contribution in [0.25, 0.3) is 22.3 Å². The number of nitro groups is 1. The van der Waals surface area contributed by atoms with Crippen LogP contribution in [0.1, 0.15) is 109 Å². The van der Waals surface area contributed by atoms with E-state index in [1.54, 1.807) is 25.1 Å². The van der Waals surface area contributed by atoms with E-state index in [2.05, 4.69) is 25.8 Å². The van der Waals surface area contributed by atoms with Crippen LogP contribution in [0.4, 0.5) is 5.69 Å². The number of hydrogen-bond acceptors (Lipinski definition) is 13. The normalized spacial score (nSPS) is 35.1. The van der Waals surface area contributed by atoms with Gasteiger partial charge in [-0.1, -0.05) is 33.8 Å². The zero-order valence-corrected chi connectivity index (χ0v) is 35.1. The third kappa shape index (κ3) is 6.34. The summed E-state index contributed by atoms with van der Waals surface area (Å²) >= 11 is 0. The van der Waals surface area contributed by atoms with E-state index in [9.17, 15) is 44.6 Å². The first kappa shape index (κ1) is 41.6. The van der Waals surface area contributed by atoms with Gasteiger partial charge in [-0.05, 0) is 122 Å². The number of fused-ring (bicyclic) bond motifs is 10. The van der Waals surface area contributed by atoms with Crippen molar-refractivity contribution >= 4 is 34.5 Å². The van der Waals surface area contributed by atoms with Crippen molar-refractivity contribution in [1.82, 2.24) is 9.55 Å². The Labute approximate surface area is 352 Å². The number of non-ortho nitro benzene ring substituents is 1. The van der Waals surface area contributed by atoms with E-state index >= 15 is 0 Å². The third-order valence-corrected chi connectivity index (χ3v) is 16.7. The number of aliphatic hydroxyl groups excluding tert-OH is 3. The maximum absolute atomic E-state index is 13.9. The quantitative estimate of drug-likeness (QED) is 0.0827. The highest BCUT2D eigenvalue weighted by Gasteiger charge is 2.65. The molecule has 0 spiro atoms. The Morgan fingerprint density at radius 2 is 1.85 bits per heavy atom. The van der Waals surface area contributed by atoms with E-state index in [1.807, 2.05) is 0 Å². The molecule has 0 saturated heterocycles. The van der Waals surface area contributed by atoms with Crippen LogP contribution in [-0.4, -0.2) is 72.6 Å². The molecular formula is C46H55N3O12. The average Bonchev–Trinajstić information content (AvgIpc) is 3.78. The molecule has 2 aromatic heterocycles. The number of carbonyl (C=O) groups excluding carboxylic acids is 3. The molecular weight excluding hydrogens is 787 g/mol. The van der Waals surface area contributed by atoms with Gasteiger partial charge in [0.1, 0.15) is 6.61 Å². The summed E-state index contributed by atoms with van der Waals surface area (Å²) < 4.78 is 18.1. The van der Waals surface area contributed by atoms with Crippen LogP contribution in [0.3, 0.4) is 0 Å². The Bertz CT molecular complexity index is 2400. The number of nitrogens with zero attached hydrogens (tertiary/aromatic N) is 3. The number of esters is 3. The van der Waals surface area contributed by atoms with Crippen LogP contribution in [-0.2, 0) is 47.3 Å². The first-order valence-electron chi connectivity index (χ1n) is 21.9. The van der Waals surface area contributed by atoms with Gasteiger partial charge in [0.2, 0.25) is 5.60 Å². The van der Waals surface area contributed by atoms with E-state index in [-0.39, 0.29) is 89.8 Å². The third-order valence-electron chi connectivity index (χ3n) is 16.7. The molecule has 9 unspecified atom stereocenters. The maximum Gasteiger partial charge on any atom is 0.355 e. The lowest BCUT2D eigenvalue weighted by Gasteiger charge is -2.63. The van der Waals surface area contributed by atoms with Crippen molar-refractivity contribution in [2.24, 2.45) is 46.3 Å². The van der Waals surface area contributed by atoms with Gasteiger partial charge in [0.05, 0.1) is 57.6 Å². The van der Waals surface area contributed by atoms with Crippen LogP contribution in [0.15, 0.2) is 35.1 Å². The second-order valence-electron chi connectivity index (χ2n) is 19.3. The van der Waals surface area contributed by atoms with E-state index in [0.29, 0.717) is 53.5 Å². The minimum absolute atomic E-state index is 0.0233. The van der Waals surface area contributed by atoms with E-state index in [1.165, 1.54) is 16.7 Å². The van der Waals surface area contributed by atoms with Crippen LogP contribution < -0.4 is 5.56 Å². The zero-order valence-electron chi connectivity index (χ0n) is 35.1. The van der Waals surface area contributed by atoms with Gasteiger partial charge >= 0.3 is 17.9 Å². The zero-order chi connectivity index (χ0) is 43.3. The Morgan fingerprint density at radius 1 is 1.07 bits per heavy atom. The number of benzene rings is 1. The number of aromatic nitrogens is 2. The molecule has 0 amide bonds. The Morgan fingerprint density at radius 3 is 2.61 bits per heavy atom. The average molecular weight is 842 g/mol. The van der Waals surface area contributed by atoms with Gasteiger partial charge in [0.25, 0.3) is 11.2 Å². The van der Waals surface area contributed by atoms with Crippen LogP contribution in [0, 0.1) is 56.5 Å². The summed E-state index contributed by atoms with van der Waals surface area (Å²) in [5, 5.41) is 46.0. The largest absolute Gasteiger partial charge is 0.457 e. The van der Waals surface area contributed by atoms with Gasteiger partial charge in [0, 0.05) is 23.6 Å². The Kier molecular flexibility index (Phi) is 10.2. The summed E-state index contributed by atoms with van der Waals surface area (Å²) in [6.07, 6.45) is 4.47. The number of rotatable bonds is 9. The van der Waals surface area contributed by atoms with Gasteiger partial charge in [0.15, 0.2) is 6.61 Å². The van der Waals surface area contributed by atoms with Gasteiger partial charge in [-0.25, -0.2) is 14.6 Å². The molecule has 3 N–H and O–H groups in total. The first-order valence-corrected chi connectivity index (χ1v) is 21.9. The summed E-state index contributed by atoms with van der Waals surface area (Å²) in [4.78, 5) is 69.9. The maximum atomic E-state index is 13.9. The summed E-state index contributed by atoms with van der Waals surface area (Å²) in [5.74, 6) is -1.67. The molecule has 0 bridgehead atoms. The Hall–Kier alpha value is -4.73. The fourth-order valence-electron chi connectivity index (χ4n) is 13.4. The summed E-state index contributed by atoms with van der Waals surface area (Å²) in [6.45, 7) is 7.16. The van der Waals surface area contributed by atoms with Crippen molar-refractivity contribution in [2.75, 3.05) is 6.61 Å². The van der Waals surface area contributed by atoms with Gasteiger partial charge in [-0.15, -0.1) is 0 Å². The summed E-state index contributed by atoms with van der Waals surface area (Å²) in [5.41, 5.74) is -1.06. The standard InChI is InChI=1S/C46H55N3O12/c1-5-46(31-18-35-41-24(20-48(35)42(55)28(31)21-60-43(46)56)15-27-33(47-41)7-6-8-34(27)49(57)58)61-39(54)22-59-38(53)12-9-23(2)29-10-11-30-40-32(19-37(52)45(29,30)4)44(3)14-13-26(50)16-25(44)17-36(40)51/h6-8,15,18,23,25-26,29-30,32,36-37,40,50-52H,5,9-14,16-17,19-22H2,1-4H3/t23-,25?,26?,29?,30?,32?,36-,37?,40?,44?,45?,46+/m1/s1. The van der Waals surface area contributed by atoms with Crippen molar-refractivity contribution in [3.63, 3.8) is 0 Å². The van der Waals surface area contributed by atoms with E-state index < -0.39 is 58.2 Å². The highest BCUT2D eigenvalue weighted by atomic mass is 16.6. The molecule has 15 heteroatoms. The Balaban J connectivity index is 0.863. The smallest absolute Gasteiger partial charge is 0.355 e. The predicted octanol–water partition coefficient (Wildman–Crippen LogP) is 5.46. The molecule has 9 rings (SSSR count). The van der Waals surface area contributed by atoms with Gasteiger partial charge < -0.3 is 34.1 Å². The van der Waals surface area contributed by atoms with Crippen molar-refractivity contribution in [3.8, 4) is 11.4 Å². The molecule has 4 saturated carbocycles. The van der Waals surface area contributed by atoms with Crippen LogP contribution >= 0.6 is 0 Å². The fraction of sp³-hybridized carbons (Fsp3) is 0.630. The van der Waals surface area contributed by atoms with Gasteiger partial charge in [-0.3, -0.25) is 19.7 Å². The number of ether oxygens (including phenoxy) is 3. The van der Waals surface area contributed by atoms with Crippen molar-refractivity contribution in [2.45, 2.75) is 129 Å². The lowest BCUT2D eigenvalue weighted by Crippen LogP contribution is -2.62. The minimum Gasteiger partial charge on any atom is -0.457 e. The van der Waals surface area contributed by atoms with Crippen molar-refractivity contribution < 1.29 is 48.8 Å². The van der Waals surface area contributed by atoms with Gasteiger partial charge in [-0.2, -0.15) is 0 Å². The highest BCUT2D eigenvalue weighted by Crippen LogP contribution is 2.68. The van der Waals surface area contributed by atoms with Crippen LogP contribution in [0.5, 0.6) is 0 Å². The second-order valence-corrected chi connectivity index (χ2v) is 19.3. The molecule has 0 radical (unpaired) electrons.